The van der Waals surface area contributed by atoms with Gasteiger partial charge in [-0.2, -0.15) is 0 Å². The molecule has 2 nitrogen and oxygen atoms in total. The van der Waals surface area contributed by atoms with Gasteiger partial charge >= 0.3 is 0 Å². The lowest BCUT2D eigenvalue weighted by Crippen LogP contribution is -2.61. The zero-order valence-corrected chi connectivity index (χ0v) is 10.9. The lowest BCUT2D eigenvalue weighted by atomic mass is 9.64. The van der Waals surface area contributed by atoms with E-state index in [1.54, 1.807) is 7.11 Å². The molecule has 2 aliphatic rings. The van der Waals surface area contributed by atoms with Crippen molar-refractivity contribution in [1.82, 2.24) is 5.32 Å². The Morgan fingerprint density at radius 3 is 2.53 bits per heavy atom. The number of hydrogen-bond donors (Lipinski definition) is 1. The van der Waals surface area contributed by atoms with Crippen molar-refractivity contribution in [2.75, 3.05) is 13.7 Å². The van der Waals surface area contributed by atoms with Crippen LogP contribution in [0.4, 0.5) is 8.78 Å². The van der Waals surface area contributed by atoms with Gasteiger partial charge in [0.05, 0.1) is 6.10 Å². The number of alkyl halides is 2. The summed E-state index contributed by atoms with van der Waals surface area (Å²) in [6, 6.07) is 0.404. The molecule has 2 fully saturated rings. The minimum atomic E-state index is -2.42. The number of halogens is 2. The van der Waals surface area contributed by atoms with E-state index >= 15 is 0 Å². The van der Waals surface area contributed by atoms with Crippen molar-refractivity contribution < 1.29 is 13.5 Å². The number of hydrogen-bond acceptors (Lipinski definition) is 2. The summed E-state index contributed by atoms with van der Waals surface area (Å²) in [7, 11) is 1.74. The largest absolute Gasteiger partial charge is 0.381 e. The van der Waals surface area contributed by atoms with Crippen molar-refractivity contribution in [1.29, 1.82) is 0 Å². The Bertz CT molecular complexity index is 281. The fourth-order valence-corrected chi connectivity index (χ4v) is 3.16. The molecule has 3 unspecified atom stereocenters. The smallest absolute Gasteiger partial charge is 0.248 e. The third-order valence-electron chi connectivity index (χ3n) is 4.62. The van der Waals surface area contributed by atoms with Gasteiger partial charge in [0.25, 0.3) is 0 Å². The van der Waals surface area contributed by atoms with Crippen molar-refractivity contribution in [2.45, 2.75) is 57.6 Å². The van der Waals surface area contributed by atoms with E-state index in [1.807, 2.05) is 0 Å². The predicted molar refractivity (Wildman–Crippen MR) is 63.3 cm³/mol. The molecule has 2 saturated carbocycles. The normalized spacial score (nSPS) is 39.0. The molecule has 4 heteroatoms. The average molecular weight is 247 g/mol. The maximum Gasteiger partial charge on any atom is 0.248 e. The van der Waals surface area contributed by atoms with Gasteiger partial charge in [-0.15, -0.1) is 0 Å². The molecule has 100 valence electrons. The summed E-state index contributed by atoms with van der Waals surface area (Å²) >= 11 is 0. The summed E-state index contributed by atoms with van der Waals surface area (Å²) in [4.78, 5) is 0. The van der Waals surface area contributed by atoms with Crippen LogP contribution in [0.1, 0.15) is 39.5 Å². The first kappa shape index (κ1) is 13.2. The van der Waals surface area contributed by atoms with E-state index < -0.39 is 5.92 Å². The van der Waals surface area contributed by atoms with E-state index in [0.717, 1.165) is 13.0 Å². The molecular formula is C13H23F2NO. The van der Waals surface area contributed by atoms with Crippen molar-refractivity contribution in [3.8, 4) is 0 Å². The van der Waals surface area contributed by atoms with Crippen molar-refractivity contribution in [3.05, 3.63) is 0 Å². The monoisotopic (exact) mass is 247 g/mol. The molecule has 17 heavy (non-hydrogen) atoms. The van der Waals surface area contributed by atoms with Crippen LogP contribution in [-0.2, 0) is 4.74 Å². The van der Waals surface area contributed by atoms with Gasteiger partial charge in [-0.25, -0.2) is 8.78 Å². The van der Waals surface area contributed by atoms with Gasteiger partial charge in [0, 0.05) is 31.4 Å². The first-order chi connectivity index (χ1) is 7.85. The van der Waals surface area contributed by atoms with Crippen LogP contribution in [0.15, 0.2) is 0 Å². The van der Waals surface area contributed by atoms with Crippen LogP contribution in [0.2, 0.25) is 0 Å². The van der Waals surface area contributed by atoms with E-state index in [0.29, 0.717) is 18.6 Å². The number of ether oxygens (including phenoxy) is 1. The predicted octanol–water partition coefficient (Wildman–Crippen LogP) is 2.82. The Hall–Kier alpha value is -0.220. The molecule has 0 aliphatic heterocycles. The van der Waals surface area contributed by atoms with E-state index in [9.17, 15) is 8.78 Å². The lowest BCUT2D eigenvalue weighted by molar-refractivity contribution is -0.0982. The molecule has 1 N–H and O–H groups in total. The topological polar surface area (TPSA) is 21.3 Å². The summed E-state index contributed by atoms with van der Waals surface area (Å²) in [5.41, 5.74) is 0.121. The van der Waals surface area contributed by atoms with E-state index in [1.165, 1.54) is 0 Å². The zero-order valence-electron chi connectivity index (χ0n) is 10.9. The van der Waals surface area contributed by atoms with Crippen LogP contribution in [0, 0.1) is 11.3 Å². The molecule has 2 rings (SSSR count). The highest BCUT2D eigenvalue weighted by atomic mass is 19.3. The van der Waals surface area contributed by atoms with Gasteiger partial charge in [-0.1, -0.05) is 13.8 Å². The molecule has 0 amide bonds. The number of rotatable bonds is 4. The van der Waals surface area contributed by atoms with E-state index in [-0.39, 0.29) is 24.2 Å². The highest BCUT2D eigenvalue weighted by molar-refractivity contribution is 5.03. The Morgan fingerprint density at radius 1 is 1.35 bits per heavy atom. The molecule has 0 aromatic carbocycles. The average Bonchev–Trinajstić information content (AvgIpc) is 2.57. The molecule has 0 aromatic heterocycles. The van der Waals surface area contributed by atoms with E-state index in [4.69, 9.17) is 4.74 Å². The Labute approximate surface area is 102 Å². The standard InChI is InChI=1S/C13H23F2NO/c1-12(2)10(6-11(12)17-3)16-8-9-4-5-13(14,15)7-9/h9-11,16H,4-8H2,1-3H3. The Kier molecular flexibility index (Phi) is 3.47. The Balaban J connectivity index is 1.74. The van der Waals surface area contributed by atoms with Gasteiger partial charge in [0.2, 0.25) is 5.92 Å². The summed E-state index contributed by atoms with van der Waals surface area (Å²) in [6.07, 6.45) is 2.06. The molecule has 2 aliphatic carbocycles. The molecule has 0 heterocycles. The van der Waals surface area contributed by atoms with Crippen molar-refractivity contribution >= 4 is 0 Å². The first-order valence-corrected chi connectivity index (χ1v) is 6.49. The molecule has 0 spiro atoms. The maximum atomic E-state index is 13.0. The van der Waals surface area contributed by atoms with Gasteiger partial charge in [-0.3, -0.25) is 0 Å². The van der Waals surface area contributed by atoms with Crippen LogP contribution < -0.4 is 5.32 Å². The molecule has 0 bridgehead atoms. The zero-order chi connectivity index (χ0) is 12.7. The summed E-state index contributed by atoms with van der Waals surface area (Å²) in [5, 5.41) is 3.44. The highest BCUT2D eigenvalue weighted by Gasteiger charge is 2.48. The molecule has 0 aromatic rings. The summed E-state index contributed by atoms with van der Waals surface area (Å²) in [5.74, 6) is -2.28. The summed E-state index contributed by atoms with van der Waals surface area (Å²) in [6.45, 7) is 5.07. The Morgan fingerprint density at radius 2 is 2.06 bits per heavy atom. The van der Waals surface area contributed by atoms with Gasteiger partial charge in [0.1, 0.15) is 0 Å². The SMILES string of the molecule is COC1CC(NCC2CCC(F)(F)C2)C1(C)C. The van der Waals surface area contributed by atoms with Crippen LogP contribution in [-0.4, -0.2) is 31.7 Å². The summed E-state index contributed by atoms with van der Waals surface area (Å²) < 4.78 is 31.4. The van der Waals surface area contributed by atoms with Crippen LogP contribution in [0.3, 0.4) is 0 Å². The molecule has 0 radical (unpaired) electrons. The number of nitrogens with one attached hydrogen (secondary N) is 1. The van der Waals surface area contributed by atoms with Crippen LogP contribution in [0.25, 0.3) is 0 Å². The second-order valence-electron chi connectivity index (χ2n) is 6.21. The number of methoxy groups -OCH3 is 1. The quantitative estimate of drug-likeness (QED) is 0.825. The third-order valence-corrected chi connectivity index (χ3v) is 4.62. The lowest BCUT2D eigenvalue weighted by Gasteiger charge is -2.51. The second-order valence-corrected chi connectivity index (χ2v) is 6.21. The van der Waals surface area contributed by atoms with Crippen LogP contribution in [0.5, 0.6) is 0 Å². The minimum absolute atomic E-state index is 0.0564. The molecule has 0 saturated heterocycles. The third kappa shape index (κ3) is 2.63. The maximum absolute atomic E-state index is 13.0. The second kappa shape index (κ2) is 4.47. The fraction of sp³-hybridized carbons (Fsp3) is 1.00. The fourth-order valence-electron chi connectivity index (χ4n) is 3.16. The molecule has 3 atom stereocenters. The van der Waals surface area contributed by atoms with Crippen LogP contribution >= 0.6 is 0 Å². The van der Waals surface area contributed by atoms with Gasteiger partial charge < -0.3 is 10.1 Å². The minimum Gasteiger partial charge on any atom is -0.381 e. The highest BCUT2D eigenvalue weighted by Crippen LogP contribution is 2.43. The van der Waals surface area contributed by atoms with Crippen molar-refractivity contribution in [2.24, 2.45) is 11.3 Å². The van der Waals surface area contributed by atoms with Gasteiger partial charge in [-0.05, 0) is 25.3 Å². The van der Waals surface area contributed by atoms with Gasteiger partial charge in [0.15, 0.2) is 0 Å². The van der Waals surface area contributed by atoms with Crippen molar-refractivity contribution in [3.63, 3.8) is 0 Å². The first-order valence-electron chi connectivity index (χ1n) is 6.49. The van der Waals surface area contributed by atoms with E-state index in [2.05, 4.69) is 19.2 Å². The molecular weight excluding hydrogens is 224 g/mol.